The number of hydrogen-bond donors (Lipinski definition) is 2. The van der Waals surface area contributed by atoms with Crippen molar-refractivity contribution in [2.24, 2.45) is 0 Å². The van der Waals surface area contributed by atoms with Crippen LogP contribution in [0, 0.1) is 0 Å². The molecule has 0 aliphatic heterocycles. The van der Waals surface area contributed by atoms with Gasteiger partial charge in [-0.25, -0.2) is 0 Å². The average molecular weight is 236 g/mol. The van der Waals surface area contributed by atoms with Crippen LogP contribution >= 0.6 is 0 Å². The van der Waals surface area contributed by atoms with Gasteiger partial charge in [-0.15, -0.1) is 0 Å². The molecule has 17 heavy (non-hydrogen) atoms. The van der Waals surface area contributed by atoms with Crippen LogP contribution in [0.2, 0.25) is 0 Å². The van der Waals surface area contributed by atoms with Crippen LogP contribution in [0.3, 0.4) is 0 Å². The number of carbonyl (C=O) groups excluding carboxylic acids is 1. The van der Waals surface area contributed by atoms with Crippen LogP contribution in [-0.4, -0.2) is 33.2 Å². The van der Waals surface area contributed by atoms with Crippen molar-refractivity contribution < 1.29 is 9.53 Å². The van der Waals surface area contributed by atoms with Gasteiger partial charge in [-0.2, -0.15) is 0 Å². The molecular weight excluding hydrogens is 216 g/mol. The molecule has 1 aromatic carbocycles. The Kier molecular flexibility index (Phi) is 6.10. The van der Waals surface area contributed by atoms with Crippen LogP contribution in [0.15, 0.2) is 24.3 Å². The average Bonchev–Trinajstić information content (AvgIpc) is 2.38. The quantitative estimate of drug-likeness (QED) is 0.693. The number of benzene rings is 1. The first-order chi connectivity index (χ1) is 8.26. The summed E-state index contributed by atoms with van der Waals surface area (Å²) >= 11 is 0. The lowest BCUT2D eigenvalue weighted by molar-refractivity contribution is -0.120. The van der Waals surface area contributed by atoms with Crippen molar-refractivity contribution in [3.8, 4) is 5.75 Å². The molecule has 0 unspecified atom stereocenters. The first kappa shape index (κ1) is 13.5. The maximum Gasteiger partial charge on any atom is 0.221 e. The minimum Gasteiger partial charge on any atom is -0.497 e. The molecule has 0 bridgehead atoms. The summed E-state index contributed by atoms with van der Waals surface area (Å²) in [6, 6.07) is 8.02. The Hall–Kier alpha value is -1.55. The number of hydrogen-bond acceptors (Lipinski definition) is 3. The predicted molar refractivity (Wildman–Crippen MR) is 68.3 cm³/mol. The fourth-order valence-corrected chi connectivity index (χ4v) is 1.51. The highest BCUT2D eigenvalue weighted by molar-refractivity contribution is 5.75. The lowest BCUT2D eigenvalue weighted by Gasteiger charge is -2.06. The molecule has 0 aliphatic rings. The topological polar surface area (TPSA) is 50.4 Å². The van der Waals surface area contributed by atoms with Gasteiger partial charge < -0.3 is 15.4 Å². The number of methoxy groups -OCH3 is 1. The minimum atomic E-state index is 0.0684. The van der Waals surface area contributed by atoms with Crippen LogP contribution in [-0.2, 0) is 11.2 Å². The van der Waals surface area contributed by atoms with Crippen molar-refractivity contribution >= 4 is 5.91 Å². The smallest absolute Gasteiger partial charge is 0.221 e. The van der Waals surface area contributed by atoms with E-state index in [1.807, 2.05) is 18.2 Å². The Labute approximate surface area is 102 Å². The van der Waals surface area contributed by atoms with Gasteiger partial charge >= 0.3 is 0 Å². The molecule has 1 amide bonds. The third-order valence-electron chi connectivity index (χ3n) is 2.53. The number of amides is 1. The highest BCUT2D eigenvalue weighted by Gasteiger charge is 1.98. The molecule has 0 radical (unpaired) electrons. The number of ether oxygens (including phenoxy) is 1. The predicted octanol–water partition coefficient (Wildman–Crippen LogP) is 0.963. The van der Waals surface area contributed by atoms with E-state index in [1.54, 1.807) is 14.2 Å². The molecule has 1 rings (SSSR count). The first-order valence-corrected chi connectivity index (χ1v) is 5.80. The molecule has 94 valence electrons. The van der Waals surface area contributed by atoms with E-state index >= 15 is 0 Å². The molecule has 0 heterocycles. The summed E-state index contributed by atoms with van der Waals surface area (Å²) in [7, 11) is 3.32. The largest absolute Gasteiger partial charge is 0.497 e. The Morgan fingerprint density at radius 1 is 1.35 bits per heavy atom. The van der Waals surface area contributed by atoms with Crippen molar-refractivity contribution in [1.82, 2.24) is 10.6 Å². The molecule has 0 atom stereocenters. The van der Waals surface area contributed by atoms with Crippen molar-refractivity contribution in [3.05, 3.63) is 29.8 Å². The zero-order valence-corrected chi connectivity index (χ0v) is 10.5. The van der Waals surface area contributed by atoms with Crippen LogP contribution in [0.5, 0.6) is 5.75 Å². The Morgan fingerprint density at radius 3 is 2.88 bits per heavy atom. The molecule has 2 N–H and O–H groups in total. The fraction of sp³-hybridized carbons (Fsp3) is 0.462. The molecule has 1 aromatic rings. The molecule has 0 spiro atoms. The van der Waals surface area contributed by atoms with Gasteiger partial charge in [-0.05, 0) is 30.7 Å². The van der Waals surface area contributed by atoms with E-state index in [2.05, 4.69) is 16.7 Å². The van der Waals surface area contributed by atoms with Crippen LogP contribution < -0.4 is 15.4 Å². The molecule has 0 fully saturated rings. The van der Waals surface area contributed by atoms with Crippen molar-refractivity contribution in [2.75, 3.05) is 27.2 Å². The molecule has 0 aliphatic carbocycles. The zero-order chi connectivity index (χ0) is 12.5. The minimum absolute atomic E-state index is 0.0684. The van der Waals surface area contributed by atoms with Gasteiger partial charge in [0.05, 0.1) is 7.11 Å². The molecule has 0 saturated heterocycles. The summed E-state index contributed by atoms with van der Waals surface area (Å²) in [6.45, 7) is 1.58. The van der Waals surface area contributed by atoms with Crippen molar-refractivity contribution in [3.63, 3.8) is 0 Å². The molecule has 4 nitrogen and oxygen atoms in total. The Bertz CT molecular complexity index is 353. The lowest BCUT2D eigenvalue weighted by atomic mass is 10.1. The molecule has 0 saturated carbocycles. The van der Waals surface area contributed by atoms with Gasteiger partial charge in [0.2, 0.25) is 5.91 Å². The van der Waals surface area contributed by atoms with E-state index in [-0.39, 0.29) is 5.91 Å². The maximum atomic E-state index is 11.0. The molecular formula is C13H20N2O2. The Morgan fingerprint density at radius 2 is 2.18 bits per heavy atom. The third kappa shape index (κ3) is 5.36. The van der Waals surface area contributed by atoms with Gasteiger partial charge in [0.15, 0.2) is 0 Å². The summed E-state index contributed by atoms with van der Waals surface area (Å²) in [5.74, 6) is 0.951. The van der Waals surface area contributed by atoms with E-state index in [0.29, 0.717) is 13.0 Å². The lowest BCUT2D eigenvalue weighted by Crippen LogP contribution is -2.25. The van der Waals surface area contributed by atoms with Gasteiger partial charge in [0.25, 0.3) is 0 Å². The fourth-order valence-electron chi connectivity index (χ4n) is 1.51. The standard InChI is InChI=1S/C13H20N2O2/c1-14-13(16)7-9-15-8-6-11-4-3-5-12(10-11)17-2/h3-5,10,15H,6-9H2,1-2H3,(H,14,16). The monoisotopic (exact) mass is 236 g/mol. The van der Waals surface area contributed by atoms with Gasteiger partial charge in [0, 0.05) is 20.0 Å². The highest BCUT2D eigenvalue weighted by Crippen LogP contribution is 2.12. The van der Waals surface area contributed by atoms with Crippen molar-refractivity contribution in [1.29, 1.82) is 0 Å². The van der Waals surface area contributed by atoms with Crippen molar-refractivity contribution in [2.45, 2.75) is 12.8 Å². The van der Waals surface area contributed by atoms with Crippen LogP contribution in [0.4, 0.5) is 0 Å². The maximum absolute atomic E-state index is 11.0. The second-order valence-electron chi connectivity index (χ2n) is 3.77. The van der Waals surface area contributed by atoms with Crippen LogP contribution in [0.25, 0.3) is 0 Å². The Balaban J connectivity index is 2.19. The normalized spacial score (nSPS) is 10.0. The van der Waals surface area contributed by atoms with E-state index in [0.717, 1.165) is 18.7 Å². The highest BCUT2D eigenvalue weighted by atomic mass is 16.5. The second-order valence-corrected chi connectivity index (χ2v) is 3.77. The van der Waals surface area contributed by atoms with E-state index in [1.165, 1.54) is 5.56 Å². The third-order valence-corrected chi connectivity index (χ3v) is 2.53. The SMILES string of the molecule is CNC(=O)CCNCCc1cccc(OC)c1. The number of rotatable bonds is 7. The summed E-state index contributed by atoms with van der Waals surface area (Å²) in [4.78, 5) is 11.0. The summed E-state index contributed by atoms with van der Waals surface area (Å²) < 4.78 is 5.15. The second kappa shape index (κ2) is 7.68. The van der Waals surface area contributed by atoms with E-state index in [4.69, 9.17) is 4.74 Å². The molecule has 0 aromatic heterocycles. The first-order valence-electron chi connectivity index (χ1n) is 5.80. The van der Waals surface area contributed by atoms with E-state index in [9.17, 15) is 4.79 Å². The summed E-state index contributed by atoms with van der Waals surface area (Å²) in [5, 5.41) is 5.83. The molecule has 4 heteroatoms. The van der Waals surface area contributed by atoms with Gasteiger partial charge in [-0.1, -0.05) is 12.1 Å². The number of carbonyl (C=O) groups is 1. The van der Waals surface area contributed by atoms with E-state index < -0.39 is 0 Å². The summed E-state index contributed by atoms with van der Waals surface area (Å²) in [5.41, 5.74) is 1.23. The van der Waals surface area contributed by atoms with Gasteiger partial charge in [-0.3, -0.25) is 4.79 Å². The summed E-state index contributed by atoms with van der Waals surface area (Å²) in [6.07, 6.45) is 1.46. The van der Waals surface area contributed by atoms with Gasteiger partial charge in [0.1, 0.15) is 5.75 Å². The number of nitrogens with one attached hydrogen (secondary N) is 2. The van der Waals surface area contributed by atoms with Crippen LogP contribution in [0.1, 0.15) is 12.0 Å². The zero-order valence-electron chi connectivity index (χ0n) is 10.5.